The highest BCUT2D eigenvalue weighted by atomic mass is 31.0. The van der Waals surface area contributed by atoms with Crippen molar-refractivity contribution in [3.05, 3.63) is 103 Å². The van der Waals surface area contributed by atoms with E-state index >= 15 is 0 Å². The van der Waals surface area contributed by atoms with Gasteiger partial charge in [-0.1, -0.05) is 62.8 Å². The van der Waals surface area contributed by atoms with Gasteiger partial charge in [0.25, 0.3) is 0 Å². The Kier molecular flexibility index (Phi) is 4.60. The van der Waals surface area contributed by atoms with Crippen molar-refractivity contribution in [2.75, 3.05) is 0 Å². The monoisotopic (exact) mass is 360 g/mol. The number of hydrogen-bond donors (Lipinski definition) is 0. The molecule has 0 N–H and O–H groups in total. The van der Waals surface area contributed by atoms with Crippen LogP contribution in [0.3, 0.4) is 0 Å². The zero-order valence-electron chi connectivity index (χ0n) is 13.9. The lowest BCUT2D eigenvalue weighted by Gasteiger charge is -2.10. The molecule has 3 heteroatoms. The summed E-state index contributed by atoms with van der Waals surface area (Å²) in [6.07, 6.45) is 0. The fourth-order valence-corrected chi connectivity index (χ4v) is 4.09. The molecular formula is C23H15F2P. The second-order valence-electron chi connectivity index (χ2n) is 6.01. The number of benzene rings is 3. The van der Waals surface area contributed by atoms with Gasteiger partial charge in [-0.05, 0) is 58.7 Å². The fourth-order valence-electron chi connectivity index (χ4n) is 2.86. The van der Waals surface area contributed by atoms with E-state index in [2.05, 4.69) is 24.3 Å². The summed E-state index contributed by atoms with van der Waals surface area (Å²) < 4.78 is 26.6. The summed E-state index contributed by atoms with van der Waals surface area (Å²) in [6, 6.07) is 27.5. The Bertz CT molecular complexity index is 960. The summed E-state index contributed by atoms with van der Waals surface area (Å²) in [4.78, 5) is 0. The summed E-state index contributed by atoms with van der Waals surface area (Å²) in [5.74, 6) is -0.494. The van der Waals surface area contributed by atoms with E-state index in [1.54, 1.807) is 24.3 Å². The lowest BCUT2D eigenvalue weighted by atomic mass is 10.0. The van der Waals surface area contributed by atoms with Crippen LogP contribution in [0.15, 0.2) is 91.0 Å². The Morgan fingerprint density at radius 2 is 0.923 bits per heavy atom. The number of halogens is 2. The maximum Gasteiger partial charge on any atom is 0.123 e. The van der Waals surface area contributed by atoms with Gasteiger partial charge in [0.15, 0.2) is 0 Å². The van der Waals surface area contributed by atoms with Crippen molar-refractivity contribution in [1.82, 2.24) is 0 Å². The van der Waals surface area contributed by atoms with Gasteiger partial charge < -0.3 is 0 Å². The van der Waals surface area contributed by atoms with Crippen molar-refractivity contribution in [1.29, 1.82) is 0 Å². The van der Waals surface area contributed by atoms with Crippen molar-refractivity contribution in [2.24, 2.45) is 0 Å². The van der Waals surface area contributed by atoms with Crippen molar-refractivity contribution >= 4 is 8.19 Å². The Morgan fingerprint density at radius 1 is 0.462 bits per heavy atom. The predicted molar refractivity (Wildman–Crippen MR) is 105 cm³/mol. The van der Waals surface area contributed by atoms with Gasteiger partial charge in [0, 0.05) is 10.6 Å². The molecule has 0 saturated heterocycles. The highest BCUT2D eigenvalue weighted by molar-refractivity contribution is 7.37. The number of hydrogen-bond acceptors (Lipinski definition) is 0. The molecule has 0 nitrogen and oxygen atoms in total. The van der Waals surface area contributed by atoms with Gasteiger partial charge in [-0.2, -0.15) is 0 Å². The molecule has 0 fully saturated rings. The van der Waals surface area contributed by atoms with E-state index in [9.17, 15) is 8.78 Å². The van der Waals surface area contributed by atoms with Crippen LogP contribution in [0.2, 0.25) is 0 Å². The summed E-state index contributed by atoms with van der Waals surface area (Å²) >= 11 is 0. The molecule has 0 aliphatic rings. The van der Waals surface area contributed by atoms with Crippen LogP contribution in [0.1, 0.15) is 0 Å². The smallest absolute Gasteiger partial charge is 0.123 e. The molecule has 3 aromatic carbocycles. The van der Waals surface area contributed by atoms with Gasteiger partial charge in [0.05, 0.1) is 0 Å². The topological polar surface area (TPSA) is 0 Å². The van der Waals surface area contributed by atoms with E-state index in [1.807, 2.05) is 18.2 Å². The Balaban J connectivity index is 1.89. The first-order valence-electron chi connectivity index (χ1n) is 8.28. The quantitative estimate of drug-likeness (QED) is 0.354. The predicted octanol–water partition coefficient (Wildman–Crippen LogP) is 7.55. The number of rotatable bonds is 3. The van der Waals surface area contributed by atoms with Gasteiger partial charge in [-0.15, -0.1) is 0 Å². The zero-order chi connectivity index (χ0) is 17.9. The minimum Gasteiger partial charge on any atom is -0.207 e. The highest BCUT2D eigenvalue weighted by Gasteiger charge is 2.08. The Morgan fingerprint density at radius 3 is 1.38 bits per heavy atom. The highest BCUT2D eigenvalue weighted by Crippen LogP contribution is 2.40. The first-order valence-corrected chi connectivity index (χ1v) is 9.18. The van der Waals surface area contributed by atoms with Crippen molar-refractivity contribution < 1.29 is 8.78 Å². The van der Waals surface area contributed by atoms with Crippen LogP contribution in [-0.4, -0.2) is 0 Å². The first kappa shape index (κ1) is 16.6. The van der Waals surface area contributed by atoms with Gasteiger partial charge in [0.2, 0.25) is 0 Å². The summed E-state index contributed by atoms with van der Waals surface area (Å²) in [6.45, 7) is 0. The van der Waals surface area contributed by atoms with Crippen LogP contribution in [0.25, 0.3) is 32.8 Å². The minimum atomic E-state index is -0.247. The Hall–Kier alpha value is -2.83. The molecule has 0 amide bonds. The maximum atomic E-state index is 13.3. The maximum absolute atomic E-state index is 13.3. The zero-order valence-corrected chi connectivity index (χ0v) is 14.8. The third-order valence-corrected chi connectivity index (χ3v) is 5.47. The van der Waals surface area contributed by atoms with Crippen molar-refractivity contribution in [3.8, 4) is 32.8 Å². The molecule has 0 aliphatic carbocycles. The van der Waals surface area contributed by atoms with Crippen LogP contribution < -0.4 is 0 Å². The second-order valence-corrected chi connectivity index (χ2v) is 7.19. The van der Waals surface area contributed by atoms with Crippen molar-refractivity contribution in [3.63, 3.8) is 0 Å². The van der Waals surface area contributed by atoms with E-state index in [0.29, 0.717) is 0 Å². The first-order chi connectivity index (χ1) is 12.7. The van der Waals surface area contributed by atoms with Crippen LogP contribution in [0, 0.1) is 11.6 Å². The van der Waals surface area contributed by atoms with Gasteiger partial charge >= 0.3 is 0 Å². The summed E-state index contributed by atoms with van der Waals surface area (Å²) in [7, 11) is 1.01. The second kappa shape index (κ2) is 7.19. The van der Waals surface area contributed by atoms with Crippen LogP contribution in [0.5, 0.6) is 0 Å². The molecule has 1 heterocycles. The van der Waals surface area contributed by atoms with Gasteiger partial charge in [-0.25, -0.2) is 8.78 Å². The average Bonchev–Trinajstić information content (AvgIpc) is 2.69. The lowest BCUT2D eigenvalue weighted by molar-refractivity contribution is 0.627. The molecule has 4 rings (SSSR count). The lowest BCUT2D eigenvalue weighted by Crippen LogP contribution is -1.83. The third-order valence-electron chi connectivity index (χ3n) is 4.21. The molecule has 0 spiro atoms. The van der Waals surface area contributed by atoms with Crippen LogP contribution >= 0.6 is 8.19 Å². The van der Waals surface area contributed by atoms with E-state index in [1.165, 1.54) is 24.3 Å². The molecule has 0 unspecified atom stereocenters. The normalized spacial score (nSPS) is 10.7. The fraction of sp³-hybridized carbons (Fsp3) is 0. The van der Waals surface area contributed by atoms with E-state index in [0.717, 1.165) is 41.0 Å². The van der Waals surface area contributed by atoms with Crippen LogP contribution in [0.4, 0.5) is 8.78 Å². The van der Waals surface area contributed by atoms with Crippen LogP contribution in [-0.2, 0) is 0 Å². The van der Waals surface area contributed by atoms with Gasteiger partial charge in [0.1, 0.15) is 11.6 Å². The van der Waals surface area contributed by atoms with E-state index in [-0.39, 0.29) is 11.6 Å². The molecule has 0 radical (unpaired) electrons. The summed E-state index contributed by atoms with van der Waals surface area (Å²) in [5, 5.41) is 2.18. The SMILES string of the molecule is Fc1ccc(-c2cc(-c3ccccc3)cc(-c3ccc(F)cc3)p2)cc1. The van der Waals surface area contributed by atoms with Crippen molar-refractivity contribution in [2.45, 2.75) is 0 Å². The molecule has 0 saturated carbocycles. The largest absolute Gasteiger partial charge is 0.207 e. The standard InChI is InChI=1S/C23H15F2P/c24-20-10-6-17(7-11-20)22-14-19(16-4-2-1-3-5-16)15-23(26-22)18-8-12-21(25)13-9-18/h1-15H. The molecule has 1 aromatic heterocycles. The molecule has 0 atom stereocenters. The molecular weight excluding hydrogens is 345 g/mol. The van der Waals surface area contributed by atoms with E-state index in [4.69, 9.17) is 0 Å². The summed E-state index contributed by atoms with van der Waals surface area (Å²) in [5.41, 5.74) is 4.16. The van der Waals surface area contributed by atoms with Gasteiger partial charge in [-0.3, -0.25) is 0 Å². The average molecular weight is 360 g/mol. The third kappa shape index (κ3) is 3.56. The molecule has 126 valence electrons. The molecule has 0 bridgehead atoms. The van der Waals surface area contributed by atoms with E-state index < -0.39 is 0 Å². The molecule has 0 aliphatic heterocycles. The molecule has 26 heavy (non-hydrogen) atoms. The molecule has 4 aromatic rings. The Labute approximate surface area is 152 Å². The minimum absolute atomic E-state index is 0.247.